The second kappa shape index (κ2) is 14.5. The number of ether oxygens (including phenoxy) is 5. The third kappa shape index (κ3) is 7.47. The van der Waals surface area contributed by atoms with Gasteiger partial charge < -0.3 is 23.7 Å². The van der Waals surface area contributed by atoms with Crippen molar-refractivity contribution in [1.29, 1.82) is 0 Å². The first-order valence-corrected chi connectivity index (χ1v) is 15.8. The van der Waals surface area contributed by atoms with Gasteiger partial charge in [0.2, 0.25) is 0 Å². The smallest absolute Gasteiger partial charge is 0.338 e. The first-order chi connectivity index (χ1) is 22.6. The Morgan fingerprint density at radius 2 is 1.66 bits per heavy atom. The van der Waals surface area contributed by atoms with E-state index in [-0.39, 0.29) is 35.2 Å². The molecule has 3 aromatic carbocycles. The molecule has 0 fully saturated rings. The van der Waals surface area contributed by atoms with Crippen molar-refractivity contribution in [3.05, 3.63) is 114 Å². The molecule has 0 N–H and O–H groups in total. The number of carbonyl (C=O) groups excluding carboxylic acids is 2. The molecule has 1 aromatic heterocycles. The number of hydrogen-bond acceptors (Lipinski definition) is 10. The zero-order valence-corrected chi connectivity index (χ0v) is 27.9. The number of benzene rings is 3. The summed E-state index contributed by atoms with van der Waals surface area (Å²) in [4.78, 5) is 44.4. The molecule has 244 valence electrons. The number of carbonyl (C=O) groups is 2. The molecule has 11 heteroatoms. The van der Waals surface area contributed by atoms with Gasteiger partial charge in [0.25, 0.3) is 5.56 Å². The highest BCUT2D eigenvalue weighted by molar-refractivity contribution is 7.07. The van der Waals surface area contributed by atoms with Crippen LogP contribution in [0.4, 0.5) is 0 Å². The molecule has 1 aliphatic rings. The van der Waals surface area contributed by atoms with Crippen LogP contribution in [0.5, 0.6) is 23.0 Å². The van der Waals surface area contributed by atoms with Gasteiger partial charge in [-0.05, 0) is 59.9 Å². The van der Waals surface area contributed by atoms with Crippen LogP contribution in [-0.2, 0) is 20.9 Å². The van der Waals surface area contributed by atoms with Gasteiger partial charge in [-0.15, -0.1) is 0 Å². The van der Waals surface area contributed by atoms with E-state index in [1.165, 1.54) is 29.9 Å². The third-order valence-corrected chi connectivity index (χ3v) is 8.25. The number of methoxy groups -OCH3 is 2. The Morgan fingerprint density at radius 3 is 2.34 bits per heavy atom. The van der Waals surface area contributed by atoms with Gasteiger partial charge in [0.1, 0.15) is 6.61 Å². The quantitative estimate of drug-likeness (QED) is 0.165. The Labute approximate surface area is 276 Å². The van der Waals surface area contributed by atoms with Crippen molar-refractivity contribution in [2.45, 2.75) is 40.3 Å². The molecule has 4 aromatic rings. The second-order valence-corrected chi connectivity index (χ2v) is 12.3. The summed E-state index contributed by atoms with van der Waals surface area (Å²) in [6, 6.07) is 19.3. The van der Waals surface area contributed by atoms with Crippen LogP contribution in [0.15, 0.2) is 87.8 Å². The summed E-state index contributed by atoms with van der Waals surface area (Å²) in [5.74, 6) is 0.600. The van der Waals surface area contributed by atoms with Crippen molar-refractivity contribution in [2.24, 2.45) is 10.9 Å². The topological polar surface area (TPSA) is 115 Å². The molecule has 0 bridgehead atoms. The van der Waals surface area contributed by atoms with Crippen LogP contribution in [0.2, 0.25) is 0 Å². The number of nitrogens with zero attached hydrogens (tertiary/aromatic N) is 2. The van der Waals surface area contributed by atoms with Gasteiger partial charge in [0.15, 0.2) is 27.8 Å². The lowest BCUT2D eigenvalue weighted by atomic mass is 9.95. The monoisotopic (exact) mass is 656 g/mol. The van der Waals surface area contributed by atoms with E-state index in [0.29, 0.717) is 38.7 Å². The molecule has 47 heavy (non-hydrogen) atoms. The van der Waals surface area contributed by atoms with Crippen LogP contribution in [0, 0.1) is 5.92 Å². The van der Waals surface area contributed by atoms with Crippen molar-refractivity contribution in [1.82, 2.24) is 4.57 Å². The zero-order valence-electron chi connectivity index (χ0n) is 27.1. The lowest BCUT2D eigenvalue weighted by Crippen LogP contribution is -2.40. The van der Waals surface area contributed by atoms with E-state index < -0.39 is 18.0 Å². The van der Waals surface area contributed by atoms with Crippen LogP contribution < -0.4 is 33.8 Å². The highest BCUT2D eigenvalue weighted by Crippen LogP contribution is 2.36. The van der Waals surface area contributed by atoms with Crippen LogP contribution in [0.3, 0.4) is 0 Å². The van der Waals surface area contributed by atoms with E-state index in [2.05, 4.69) is 4.99 Å². The molecule has 0 amide bonds. The SMILES string of the molecule is COc1cc(/C=c2/sc3n(c2=O)[C@H](c2ccc(OC(C)=O)c(OC)c2)C(C(=O)OCC(C)C)=C(C)N=3)ccc1OCc1ccccc1. The van der Waals surface area contributed by atoms with Crippen molar-refractivity contribution in [3.8, 4) is 23.0 Å². The van der Waals surface area contributed by atoms with Crippen molar-refractivity contribution < 1.29 is 33.3 Å². The van der Waals surface area contributed by atoms with Crippen LogP contribution >= 0.6 is 11.3 Å². The summed E-state index contributed by atoms with van der Waals surface area (Å²) in [6.07, 6.45) is 1.75. The summed E-state index contributed by atoms with van der Waals surface area (Å²) in [5.41, 5.74) is 2.62. The minimum Gasteiger partial charge on any atom is -0.493 e. The standard InChI is InChI=1S/C36H36N2O8S/c1-21(2)19-45-35(41)32-22(3)37-36-38(33(32)26-13-15-28(46-23(4)39)30(18-26)43-6)34(40)31(47-36)17-25-12-14-27(29(16-25)42-5)44-20-24-10-8-7-9-11-24/h7-18,21,33H,19-20H2,1-6H3/b31-17+/t33-/m1/s1. The van der Waals surface area contributed by atoms with Crippen molar-refractivity contribution in [2.75, 3.05) is 20.8 Å². The fourth-order valence-corrected chi connectivity index (χ4v) is 6.14. The number of thiazole rings is 1. The highest BCUT2D eigenvalue weighted by atomic mass is 32.1. The molecule has 1 atom stereocenters. The Hall–Kier alpha value is -5.16. The fourth-order valence-electron chi connectivity index (χ4n) is 5.09. The lowest BCUT2D eigenvalue weighted by molar-refractivity contribution is -0.140. The van der Waals surface area contributed by atoms with E-state index >= 15 is 0 Å². The maximum absolute atomic E-state index is 14.1. The van der Waals surface area contributed by atoms with Crippen LogP contribution in [-0.4, -0.2) is 37.3 Å². The van der Waals surface area contributed by atoms with E-state index in [9.17, 15) is 14.4 Å². The average molecular weight is 657 g/mol. The Morgan fingerprint density at radius 1 is 0.957 bits per heavy atom. The molecule has 10 nitrogen and oxygen atoms in total. The lowest BCUT2D eigenvalue weighted by Gasteiger charge is -2.25. The number of esters is 2. The zero-order chi connectivity index (χ0) is 33.7. The third-order valence-electron chi connectivity index (χ3n) is 7.27. The van der Waals surface area contributed by atoms with Crippen molar-refractivity contribution in [3.63, 3.8) is 0 Å². The summed E-state index contributed by atoms with van der Waals surface area (Å²) >= 11 is 1.21. The molecule has 1 aliphatic heterocycles. The number of fused-ring (bicyclic) bond motifs is 1. The van der Waals surface area contributed by atoms with E-state index in [4.69, 9.17) is 23.7 Å². The predicted octanol–water partition coefficient (Wildman–Crippen LogP) is 4.96. The van der Waals surface area contributed by atoms with Gasteiger partial charge in [0, 0.05) is 6.92 Å². The molecule has 2 heterocycles. The van der Waals surface area contributed by atoms with E-state index in [0.717, 1.165) is 11.1 Å². The maximum Gasteiger partial charge on any atom is 0.338 e. The van der Waals surface area contributed by atoms with Gasteiger partial charge in [-0.3, -0.25) is 14.2 Å². The van der Waals surface area contributed by atoms with E-state index in [1.807, 2.05) is 50.2 Å². The summed E-state index contributed by atoms with van der Waals surface area (Å²) < 4.78 is 29.9. The second-order valence-electron chi connectivity index (χ2n) is 11.3. The minimum atomic E-state index is -0.878. The van der Waals surface area contributed by atoms with Gasteiger partial charge in [0.05, 0.1) is 42.7 Å². The maximum atomic E-state index is 14.1. The Balaban J connectivity index is 1.58. The van der Waals surface area contributed by atoms with Gasteiger partial charge in [-0.1, -0.05) is 67.6 Å². The first-order valence-electron chi connectivity index (χ1n) is 15.0. The van der Waals surface area contributed by atoms with Crippen LogP contribution in [0.1, 0.15) is 50.4 Å². The molecule has 0 radical (unpaired) electrons. The Bertz CT molecular complexity index is 2010. The molecule has 0 saturated carbocycles. The van der Waals surface area contributed by atoms with Gasteiger partial charge in [-0.25, -0.2) is 9.79 Å². The molecule has 0 saturated heterocycles. The highest BCUT2D eigenvalue weighted by Gasteiger charge is 2.34. The van der Waals surface area contributed by atoms with Gasteiger partial charge >= 0.3 is 11.9 Å². The number of allylic oxidation sites excluding steroid dienone is 1. The van der Waals surface area contributed by atoms with Crippen molar-refractivity contribution >= 4 is 29.4 Å². The molecular weight excluding hydrogens is 620 g/mol. The molecule has 5 rings (SSSR count). The molecule has 0 aliphatic carbocycles. The molecule has 0 unspecified atom stereocenters. The fraction of sp³-hybridized carbons (Fsp3) is 0.278. The first kappa shape index (κ1) is 33.2. The predicted molar refractivity (Wildman–Crippen MR) is 178 cm³/mol. The largest absolute Gasteiger partial charge is 0.493 e. The summed E-state index contributed by atoms with van der Waals surface area (Å²) in [6.45, 7) is 7.48. The van der Waals surface area contributed by atoms with Crippen LogP contribution in [0.25, 0.3) is 6.08 Å². The number of rotatable bonds is 11. The molecule has 0 spiro atoms. The minimum absolute atomic E-state index is 0.106. The summed E-state index contributed by atoms with van der Waals surface area (Å²) in [5, 5.41) is 0. The average Bonchev–Trinajstić information content (AvgIpc) is 3.36. The number of aromatic nitrogens is 1. The summed E-state index contributed by atoms with van der Waals surface area (Å²) in [7, 11) is 3.01. The Kier molecular flexibility index (Phi) is 10.3. The normalized spacial score (nSPS) is 14.4. The van der Waals surface area contributed by atoms with Gasteiger partial charge in [-0.2, -0.15) is 0 Å². The molecular formula is C36H36N2O8S. The van der Waals surface area contributed by atoms with E-state index in [1.54, 1.807) is 50.4 Å². The number of hydrogen-bond donors (Lipinski definition) is 0.